The van der Waals surface area contributed by atoms with E-state index in [9.17, 15) is 15.2 Å². The largest absolute Gasteiger partial charge is 0.396 e. The molecule has 2 aliphatic rings. The van der Waals surface area contributed by atoms with E-state index < -0.39 is 5.41 Å². The number of aliphatic hydroxyl groups excluding tert-OH is 1. The van der Waals surface area contributed by atoms with Gasteiger partial charge in [-0.25, -0.2) is 0 Å². The second kappa shape index (κ2) is 6.59. The number of rotatable bonds is 4. The Morgan fingerprint density at radius 3 is 2.71 bits per heavy atom. The molecule has 1 N–H and O–H groups in total. The van der Waals surface area contributed by atoms with E-state index in [0.717, 1.165) is 12.8 Å². The predicted octanol–water partition coefficient (Wildman–Crippen LogP) is 1.48. The molecular weight excluding hydrogens is 268 g/mol. The Bertz CT molecular complexity index is 437. The molecule has 2 saturated heterocycles. The highest BCUT2D eigenvalue weighted by Crippen LogP contribution is 2.38. The van der Waals surface area contributed by atoms with Gasteiger partial charge in [-0.05, 0) is 32.1 Å². The van der Waals surface area contributed by atoms with Crippen molar-refractivity contribution >= 4 is 5.91 Å². The molecule has 0 bridgehead atoms. The van der Waals surface area contributed by atoms with E-state index in [4.69, 9.17) is 4.74 Å². The minimum Gasteiger partial charge on any atom is -0.396 e. The minimum atomic E-state index is -0.940. The van der Waals surface area contributed by atoms with Gasteiger partial charge in [0.05, 0.1) is 12.7 Å². The smallest absolute Gasteiger partial charge is 0.243 e. The maximum Gasteiger partial charge on any atom is 0.243 e. The van der Waals surface area contributed by atoms with Crippen LogP contribution in [0.3, 0.4) is 0 Å². The van der Waals surface area contributed by atoms with E-state index in [-0.39, 0.29) is 17.9 Å². The molecule has 2 aliphatic heterocycles. The number of nitriles is 1. The molecule has 0 radical (unpaired) electrons. The molecule has 1 amide bonds. The van der Waals surface area contributed by atoms with Gasteiger partial charge >= 0.3 is 0 Å². The van der Waals surface area contributed by atoms with Gasteiger partial charge in [-0.15, -0.1) is 6.58 Å². The first-order valence-corrected chi connectivity index (χ1v) is 7.62. The summed E-state index contributed by atoms with van der Waals surface area (Å²) < 4.78 is 5.29. The van der Waals surface area contributed by atoms with Crippen molar-refractivity contribution in [2.75, 3.05) is 32.9 Å². The van der Waals surface area contributed by atoms with Crippen LogP contribution in [0.4, 0.5) is 0 Å². The van der Waals surface area contributed by atoms with Crippen molar-refractivity contribution in [1.82, 2.24) is 4.90 Å². The van der Waals surface area contributed by atoms with Gasteiger partial charge in [0.25, 0.3) is 0 Å². The zero-order valence-electron chi connectivity index (χ0n) is 12.5. The van der Waals surface area contributed by atoms with Crippen molar-refractivity contribution in [3.05, 3.63) is 12.7 Å². The number of piperidine rings is 1. The van der Waals surface area contributed by atoms with Gasteiger partial charge in [-0.3, -0.25) is 4.79 Å². The van der Waals surface area contributed by atoms with Crippen molar-refractivity contribution in [2.45, 2.75) is 32.1 Å². The Hall–Kier alpha value is -1.38. The zero-order valence-corrected chi connectivity index (χ0v) is 12.5. The molecule has 2 heterocycles. The molecule has 0 aromatic carbocycles. The number of allylic oxidation sites excluding steroid dienone is 1. The second-order valence-electron chi connectivity index (χ2n) is 6.29. The Morgan fingerprint density at radius 2 is 2.14 bits per heavy atom. The van der Waals surface area contributed by atoms with Gasteiger partial charge < -0.3 is 14.7 Å². The van der Waals surface area contributed by atoms with Crippen LogP contribution in [0.5, 0.6) is 0 Å². The number of hydrogen-bond acceptors (Lipinski definition) is 4. The molecular formula is C16H24N2O3. The summed E-state index contributed by atoms with van der Waals surface area (Å²) >= 11 is 0. The average molecular weight is 292 g/mol. The van der Waals surface area contributed by atoms with Crippen LogP contribution in [0.1, 0.15) is 32.1 Å². The standard InChI is InChI=1S/C16H24N2O3/c1-2-4-15(13-19)5-3-8-18(12-15)14(20)16(11-17)6-9-21-10-7-16/h2,19H,1,3-10,12-13H2. The summed E-state index contributed by atoms with van der Waals surface area (Å²) in [6.45, 7) is 5.91. The number of hydrogen-bond donors (Lipinski definition) is 1. The second-order valence-corrected chi connectivity index (χ2v) is 6.29. The number of aliphatic hydroxyl groups is 1. The normalized spacial score (nSPS) is 28.7. The maximum atomic E-state index is 12.9. The molecule has 21 heavy (non-hydrogen) atoms. The van der Waals surface area contributed by atoms with Crippen LogP contribution in [-0.2, 0) is 9.53 Å². The first-order chi connectivity index (χ1) is 10.1. The van der Waals surface area contributed by atoms with E-state index >= 15 is 0 Å². The van der Waals surface area contributed by atoms with Crippen LogP contribution in [-0.4, -0.2) is 48.8 Å². The fourth-order valence-electron chi connectivity index (χ4n) is 3.44. The van der Waals surface area contributed by atoms with E-state index in [1.165, 1.54) is 0 Å². The SMILES string of the molecule is C=CCC1(CO)CCCN(C(=O)C2(C#N)CCOCC2)C1. The van der Waals surface area contributed by atoms with Gasteiger partial charge in [-0.2, -0.15) is 5.26 Å². The Labute approximate surface area is 126 Å². The highest BCUT2D eigenvalue weighted by molar-refractivity contribution is 5.85. The highest BCUT2D eigenvalue weighted by Gasteiger charge is 2.46. The summed E-state index contributed by atoms with van der Waals surface area (Å²) in [6, 6.07) is 2.24. The monoisotopic (exact) mass is 292 g/mol. The van der Waals surface area contributed by atoms with E-state index in [2.05, 4.69) is 12.6 Å². The number of ether oxygens (including phenoxy) is 1. The van der Waals surface area contributed by atoms with E-state index in [1.54, 1.807) is 11.0 Å². The third kappa shape index (κ3) is 3.12. The molecule has 0 aliphatic carbocycles. The lowest BCUT2D eigenvalue weighted by Crippen LogP contribution is -2.53. The lowest BCUT2D eigenvalue weighted by molar-refractivity contribution is -0.147. The molecule has 1 unspecified atom stereocenters. The summed E-state index contributed by atoms with van der Waals surface area (Å²) in [5.74, 6) is -0.0881. The summed E-state index contributed by atoms with van der Waals surface area (Å²) in [7, 11) is 0. The van der Waals surface area contributed by atoms with Gasteiger partial charge in [-0.1, -0.05) is 6.08 Å². The van der Waals surface area contributed by atoms with Crippen molar-refractivity contribution in [2.24, 2.45) is 10.8 Å². The van der Waals surface area contributed by atoms with Gasteiger partial charge in [0.2, 0.25) is 5.91 Å². The Kier molecular flexibility index (Phi) is 5.02. The molecule has 2 fully saturated rings. The van der Waals surface area contributed by atoms with E-state index in [1.807, 2.05) is 0 Å². The van der Waals surface area contributed by atoms with Crippen LogP contribution in [0.2, 0.25) is 0 Å². The van der Waals surface area contributed by atoms with Crippen LogP contribution in [0, 0.1) is 22.2 Å². The summed E-state index contributed by atoms with van der Waals surface area (Å²) in [5.41, 5.74) is -1.23. The highest BCUT2D eigenvalue weighted by atomic mass is 16.5. The van der Waals surface area contributed by atoms with Crippen molar-refractivity contribution in [3.63, 3.8) is 0 Å². The fourth-order valence-corrected chi connectivity index (χ4v) is 3.44. The van der Waals surface area contributed by atoms with Crippen molar-refractivity contribution in [3.8, 4) is 6.07 Å². The fraction of sp³-hybridized carbons (Fsp3) is 0.750. The van der Waals surface area contributed by atoms with Crippen molar-refractivity contribution < 1.29 is 14.6 Å². The summed E-state index contributed by atoms with van der Waals surface area (Å²) in [5, 5.41) is 19.2. The van der Waals surface area contributed by atoms with Gasteiger partial charge in [0.1, 0.15) is 5.41 Å². The lowest BCUT2D eigenvalue weighted by Gasteiger charge is -2.44. The van der Waals surface area contributed by atoms with E-state index in [0.29, 0.717) is 45.6 Å². The zero-order chi connectivity index (χ0) is 15.3. The number of nitrogens with zero attached hydrogens (tertiary/aromatic N) is 2. The maximum absolute atomic E-state index is 12.9. The van der Waals surface area contributed by atoms with Crippen LogP contribution in [0.15, 0.2) is 12.7 Å². The third-order valence-electron chi connectivity index (χ3n) is 4.83. The molecule has 0 spiro atoms. The molecule has 1 atom stereocenters. The van der Waals surface area contributed by atoms with Gasteiger partial charge in [0.15, 0.2) is 0 Å². The number of amides is 1. The molecule has 116 valence electrons. The minimum absolute atomic E-state index is 0.0471. The predicted molar refractivity (Wildman–Crippen MR) is 78.2 cm³/mol. The molecule has 5 nitrogen and oxygen atoms in total. The number of carbonyl (C=O) groups is 1. The molecule has 0 aromatic heterocycles. The van der Waals surface area contributed by atoms with Crippen molar-refractivity contribution in [1.29, 1.82) is 5.26 Å². The van der Waals surface area contributed by atoms with Gasteiger partial charge in [0, 0.05) is 31.7 Å². The summed E-state index contributed by atoms with van der Waals surface area (Å²) in [4.78, 5) is 14.6. The first-order valence-electron chi connectivity index (χ1n) is 7.62. The first kappa shape index (κ1) is 16.0. The topological polar surface area (TPSA) is 73.6 Å². The molecule has 5 heteroatoms. The lowest BCUT2D eigenvalue weighted by atomic mass is 9.75. The van der Waals surface area contributed by atoms with Crippen LogP contribution in [0.25, 0.3) is 0 Å². The van der Waals surface area contributed by atoms with Crippen LogP contribution >= 0.6 is 0 Å². The number of likely N-dealkylation sites (tertiary alicyclic amines) is 1. The Balaban J connectivity index is 2.14. The molecule has 0 saturated carbocycles. The third-order valence-corrected chi connectivity index (χ3v) is 4.83. The average Bonchev–Trinajstić information content (AvgIpc) is 2.55. The van der Waals surface area contributed by atoms with Crippen LogP contribution < -0.4 is 0 Å². The number of carbonyl (C=O) groups excluding carboxylic acids is 1. The Morgan fingerprint density at radius 1 is 1.43 bits per heavy atom. The summed E-state index contributed by atoms with van der Waals surface area (Å²) in [6.07, 6.45) is 5.17. The molecule has 2 rings (SSSR count). The molecule has 0 aromatic rings. The quantitative estimate of drug-likeness (QED) is 0.797.